The molecular formula is C19H24N3O3S+. The normalized spacial score (nSPS) is 15.8. The second-order valence-corrected chi connectivity index (χ2v) is 8.20. The highest BCUT2D eigenvalue weighted by Crippen LogP contribution is 2.06. The number of carbonyl (C=O) groups is 1. The quantitative estimate of drug-likeness (QED) is 0.741. The average Bonchev–Trinajstić information content (AvgIpc) is 2.68. The number of amides is 1. The maximum atomic E-state index is 12.3. The number of nitrogens with zero attached hydrogens (tertiary/aromatic N) is 1. The lowest BCUT2D eigenvalue weighted by Gasteiger charge is -2.32. The molecule has 1 aliphatic heterocycles. The molecule has 1 saturated heterocycles. The second kappa shape index (κ2) is 8.44. The van der Waals surface area contributed by atoms with E-state index in [4.69, 9.17) is 0 Å². The fraction of sp³-hybridized carbons (Fsp3) is 0.316. The molecule has 0 unspecified atom stereocenters. The van der Waals surface area contributed by atoms with Gasteiger partial charge in [0, 0.05) is 5.56 Å². The first-order valence-electron chi connectivity index (χ1n) is 8.74. The van der Waals surface area contributed by atoms with Gasteiger partial charge in [-0.15, -0.1) is 0 Å². The third-order valence-electron chi connectivity index (χ3n) is 4.59. The van der Waals surface area contributed by atoms with Crippen LogP contribution in [0.2, 0.25) is 0 Å². The summed E-state index contributed by atoms with van der Waals surface area (Å²) in [6.07, 6.45) is 0. The summed E-state index contributed by atoms with van der Waals surface area (Å²) < 4.78 is 26.8. The minimum Gasteiger partial charge on any atom is -0.330 e. The van der Waals surface area contributed by atoms with Gasteiger partial charge in [0.05, 0.1) is 37.6 Å². The summed E-state index contributed by atoms with van der Waals surface area (Å²) in [6, 6.07) is 18.4. The van der Waals surface area contributed by atoms with Gasteiger partial charge in [0.1, 0.15) is 6.54 Å². The molecule has 1 fully saturated rings. The Labute approximate surface area is 154 Å². The average molecular weight is 374 g/mol. The van der Waals surface area contributed by atoms with Crippen LogP contribution >= 0.6 is 0 Å². The fourth-order valence-corrected chi connectivity index (χ4v) is 4.08. The SMILES string of the molecule is O=C(CNS(=O)(=O)c1ccccc1)N1CC[NH+](Cc2ccccc2)CC1. The van der Waals surface area contributed by atoms with E-state index in [0.29, 0.717) is 13.1 Å². The number of hydrogen-bond donors (Lipinski definition) is 2. The highest BCUT2D eigenvalue weighted by atomic mass is 32.2. The summed E-state index contributed by atoms with van der Waals surface area (Å²) in [6.45, 7) is 3.77. The van der Waals surface area contributed by atoms with E-state index < -0.39 is 10.0 Å². The molecule has 2 N–H and O–H groups in total. The van der Waals surface area contributed by atoms with Crippen LogP contribution in [-0.2, 0) is 21.4 Å². The van der Waals surface area contributed by atoms with Gasteiger partial charge in [0.2, 0.25) is 15.9 Å². The van der Waals surface area contributed by atoms with Gasteiger partial charge in [-0.25, -0.2) is 13.1 Å². The van der Waals surface area contributed by atoms with Crippen LogP contribution < -0.4 is 9.62 Å². The van der Waals surface area contributed by atoms with Crippen molar-refractivity contribution < 1.29 is 18.1 Å². The molecule has 26 heavy (non-hydrogen) atoms. The Morgan fingerprint density at radius 1 is 0.962 bits per heavy atom. The van der Waals surface area contributed by atoms with E-state index >= 15 is 0 Å². The van der Waals surface area contributed by atoms with E-state index in [1.54, 1.807) is 23.1 Å². The smallest absolute Gasteiger partial charge is 0.241 e. The number of benzene rings is 2. The molecule has 7 heteroatoms. The standard InChI is InChI=1S/C19H23N3O3S/c23-19(15-20-26(24,25)18-9-5-2-6-10-18)22-13-11-21(12-14-22)16-17-7-3-1-4-8-17/h1-10,20H,11-16H2/p+1. The van der Waals surface area contributed by atoms with Crippen LogP contribution in [0.15, 0.2) is 65.6 Å². The van der Waals surface area contributed by atoms with Crippen molar-refractivity contribution in [1.29, 1.82) is 0 Å². The van der Waals surface area contributed by atoms with Gasteiger partial charge in [-0.3, -0.25) is 4.79 Å². The van der Waals surface area contributed by atoms with Gasteiger partial charge in [-0.2, -0.15) is 0 Å². The van der Waals surface area contributed by atoms with Gasteiger partial charge >= 0.3 is 0 Å². The lowest BCUT2D eigenvalue weighted by atomic mass is 10.2. The molecule has 138 valence electrons. The molecule has 0 radical (unpaired) electrons. The van der Waals surface area contributed by atoms with Gasteiger partial charge in [-0.1, -0.05) is 48.5 Å². The first-order chi connectivity index (χ1) is 12.5. The number of nitrogens with one attached hydrogen (secondary N) is 2. The van der Waals surface area contributed by atoms with E-state index in [-0.39, 0.29) is 17.3 Å². The summed E-state index contributed by atoms with van der Waals surface area (Å²) in [5.74, 6) is -0.178. The van der Waals surface area contributed by atoms with Gasteiger partial charge < -0.3 is 9.80 Å². The van der Waals surface area contributed by atoms with Crippen LogP contribution in [0.5, 0.6) is 0 Å². The van der Waals surface area contributed by atoms with Crippen molar-refractivity contribution in [2.24, 2.45) is 0 Å². The van der Waals surface area contributed by atoms with E-state index in [1.165, 1.54) is 22.6 Å². The van der Waals surface area contributed by atoms with Crippen molar-refractivity contribution in [3.63, 3.8) is 0 Å². The first kappa shape index (κ1) is 18.6. The monoisotopic (exact) mass is 374 g/mol. The Morgan fingerprint density at radius 3 is 2.15 bits per heavy atom. The predicted octanol–water partition coefficient (Wildman–Crippen LogP) is -0.108. The number of sulfonamides is 1. The number of quaternary nitrogens is 1. The number of carbonyl (C=O) groups excluding carboxylic acids is 1. The highest BCUT2D eigenvalue weighted by molar-refractivity contribution is 7.89. The molecule has 6 nitrogen and oxygen atoms in total. The summed E-state index contributed by atoms with van der Waals surface area (Å²) in [5.41, 5.74) is 1.29. The van der Waals surface area contributed by atoms with Crippen LogP contribution in [0.25, 0.3) is 0 Å². The molecule has 0 saturated carbocycles. The minimum absolute atomic E-state index is 0.171. The largest absolute Gasteiger partial charge is 0.330 e. The Morgan fingerprint density at radius 2 is 1.54 bits per heavy atom. The van der Waals surface area contributed by atoms with Gasteiger partial charge in [-0.05, 0) is 12.1 Å². The van der Waals surface area contributed by atoms with Crippen LogP contribution in [0.4, 0.5) is 0 Å². The number of rotatable bonds is 6. The van der Waals surface area contributed by atoms with Crippen molar-refractivity contribution in [3.05, 3.63) is 66.2 Å². The van der Waals surface area contributed by atoms with E-state index in [0.717, 1.165) is 19.6 Å². The molecule has 2 aromatic carbocycles. The summed E-state index contributed by atoms with van der Waals surface area (Å²) >= 11 is 0. The molecule has 1 aliphatic rings. The van der Waals surface area contributed by atoms with Crippen molar-refractivity contribution in [3.8, 4) is 0 Å². The molecule has 0 spiro atoms. The Kier molecular flexibility index (Phi) is 6.03. The molecule has 0 aliphatic carbocycles. The first-order valence-corrected chi connectivity index (χ1v) is 10.2. The predicted molar refractivity (Wildman–Crippen MR) is 99.1 cm³/mol. The van der Waals surface area contributed by atoms with Crippen LogP contribution in [0, 0.1) is 0 Å². The lowest BCUT2D eigenvalue weighted by molar-refractivity contribution is -0.917. The maximum Gasteiger partial charge on any atom is 0.241 e. The summed E-state index contributed by atoms with van der Waals surface area (Å²) in [7, 11) is -3.65. The molecule has 0 bridgehead atoms. The molecule has 0 aromatic heterocycles. The Hall–Kier alpha value is -2.22. The zero-order valence-electron chi connectivity index (χ0n) is 14.6. The van der Waals surface area contributed by atoms with E-state index in [9.17, 15) is 13.2 Å². The molecule has 2 aromatic rings. The van der Waals surface area contributed by atoms with Crippen molar-refractivity contribution in [1.82, 2.24) is 9.62 Å². The summed E-state index contributed by atoms with van der Waals surface area (Å²) in [4.78, 5) is 15.7. The Bertz CT molecular complexity index is 818. The topological polar surface area (TPSA) is 70.9 Å². The van der Waals surface area contributed by atoms with Crippen molar-refractivity contribution >= 4 is 15.9 Å². The van der Waals surface area contributed by atoms with Gasteiger partial charge in [0.15, 0.2) is 0 Å². The zero-order valence-corrected chi connectivity index (χ0v) is 15.4. The molecule has 3 rings (SSSR count). The van der Waals surface area contributed by atoms with Crippen molar-refractivity contribution in [2.45, 2.75) is 11.4 Å². The molecule has 1 amide bonds. The van der Waals surface area contributed by atoms with E-state index in [1.807, 2.05) is 18.2 Å². The Balaban J connectivity index is 1.47. The van der Waals surface area contributed by atoms with E-state index in [2.05, 4.69) is 16.9 Å². The molecular weight excluding hydrogens is 350 g/mol. The highest BCUT2D eigenvalue weighted by Gasteiger charge is 2.25. The molecule has 1 heterocycles. The minimum atomic E-state index is -3.65. The second-order valence-electron chi connectivity index (χ2n) is 6.43. The number of piperazine rings is 1. The lowest BCUT2D eigenvalue weighted by Crippen LogP contribution is -3.13. The van der Waals surface area contributed by atoms with Crippen molar-refractivity contribution in [2.75, 3.05) is 32.7 Å². The maximum absolute atomic E-state index is 12.3. The molecule has 0 atom stereocenters. The third-order valence-corrected chi connectivity index (χ3v) is 6.00. The van der Waals surface area contributed by atoms with Crippen LogP contribution in [0.1, 0.15) is 5.56 Å². The van der Waals surface area contributed by atoms with Crippen LogP contribution in [-0.4, -0.2) is 51.9 Å². The number of hydrogen-bond acceptors (Lipinski definition) is 3. The van der Waals surface area contributed by atoms with Crippen LogP contribution in [0.3, 0.4) is 0 Å². The third kappa shape index (κ3) is 4.91. The fourth-order valence-electron chi connectivity index (χ4n) is 3.09. The van der Waals surface area contributed by atoms with Gasteiger partial charge in [0.25, 0.3) is 0 Å². The zero-order chi connectivity index (χ0) is 18.4. The summed E-state index contributed by atoms with van der Waals surface area (Å²) in [5, 5.41) is 0.